The summed E-state index contributed by atoms with van der Waals surface area (Å²) in [5.74, 6) is 0. The Balaban J connectivity index is 1.56. The number of rotatable bonds is 2. The van der Waals surface area contributed by atoms with E-state index in [1.807, 2.05) is 18.2 Å². The molecule has 0 saturated carbocycles. The highest BCUT2D eigenvalue weighted by molar-refractivity contribution is 6.07. The molecule has 2 aliphatic rings. The minimum Gasteiger partial charge on any atom is -0.397 e. The van der Waals surface area contributed by atoms with Crippen LogP contribution < -0.4 is 16.4 Å². The number of benzene rings is 2. The molecular weight excluding hydrogens is 298 g/mol. The highest BCUT2D eigenvalue weighted by atomic mass is 15.2. The summed E-state index contributed by atoms with van der Waals surface area (Å²) in [6, 6.07) is 12.4. The van der Waals surface area contributed by atoms with E-state index >= 15 is 0 Å². The van der Waals surface area contributed by atoms with Crippen molar-refractivity contribution in [2.24, 2.45) is 4.99 Å². The molecule has 0 atom stereocenters. The zero-order chi connectivity index (χ0) is 16.7. The van der Waals surface area contributed by atoms with Crippen molar-refractivity contribution in [2.75, 3.05) is 49.6 Å². The van der Waals surface area contributed by atoms with Crippen LogP contribution in [0.4, 0.5) is 22.7 Å². The van der Waals surface area contributed by atoms with E-state index in [0.717, 1.165) is 49.6 Å². The van der Waals surface area contributed by atoms with E-state index in [1.54, 1.807) is 0 Å². The van der Waals surface area contributed by atoms with Gasteiger partial charge in [0.2, 0.25) is 0 Å². The maximum atomic E-state index is 5.94. The molecule has 24 heavy (non-hydrogen) atoms. The van der Waals surface area contributed by atoms with Gasteiger partial charge in [-0.05, 0) is 48.5 Å². The van der Waals surface area contributed by atoms with Gasteiger partial charge < -0.3 is 21.3 Å². The van der Waals surface area contributed by atoms with Crippen LogP contribution in [0.5, 0.6) is 0 Å². The zero-order valence-corrected chi connectivity index (χ0v) is 14.0. The highest BCUT2D eigenvalue weighted by Crippen LogP contribution is 2.33. The molecule has 0 aliphatic carbocycles. The Morgan fingerprint density at radius 1 is 0.917 bits per heavy atom. The van der Waals surface area contributed by atoms with Gasteiger partial charge in [-0.15, -0.1) is 0 Å². The predicted molar refractivity (Wildman–Crippen MR) is 101 cm³/mol. The number of hydrogen-bond donors (Lipinski definition) is 2. The Kier molecular flexibility index (Phi) is 3.65. The van der Waals surface area contributed by atoms with Gasteiger partial charge in [-0.3, -0.25) is 4.99 Å². The SMILES string of the molecule is CN1CCN(c2ccc3c(c2)CC(c2ccc(N)c(N)c2)=N3)CC1. The summed E-state index contributed by atoms with van der Waals surface area (Å²) >= 11 is 0. The fraction of sp³-hybridized carbons (Fsp3) is 0.316. The summed E-state index contributed by atoms with van der Waals surface area (Å²) in [4.78, 5) is 9.61. The number of nitrogens with zero attached hydrogens (tertiary/aromatic N) is 3. The van der Waals surface area contributed by atoms with Gasteiger partial charge in [0.15, 0.2) is 0 Å². The highest BCUT2D eigenvalue weighted by Gasteiger charge is 2.20. The number of aliphatic imine (C=N–C) groups is 1. The van der Waals surface area contributed by atoms with Crippen molar-refractivity contribution >= 4 is 28.5 Å². The second-order valence-electron chi connectivity index (χ2n) is 6.68. The topological polar surface area (TPSA) is 70.9 Å². The summed E-state index contributed by atoms with van der Waals surface area (Å²) < 4.78 is 0. The first kappa shape index (κ1) is 15.0. The van der Waals surface area contributed by atoms with E-state index < -0.39 is 0 Å². The fourth-order valence-corrected chi connectivity index (χ4v) is 3.37. The number of hydrogen-bond acceptors (Lipinski definition) is 5. The molecule has 0 aromatic heterocycles. The van der Waals surface area contributed by atoms with Crippen molar-refractivity contribution in [2.45, 2.75) is 6.42 Å². The van der Waals surface area contributed by atoms with Crippen LogP contribution in [0.15, 0.2) is 41.4 Å². The number of anilines is 3. The number of nitrogen functional groups attached to an aromatic ring is 2. The molecule has 4 rings (SSSR count). The van der Waals surface area contributed by atoms with Crippen LogP contribution >= 0.6 is 0 Å². The van der Waals surface area contributed by atoms with E-state index in [1.165, 1.54) is 11.3 Å². The molecule has 0 radical (unpaired) electrons. The average molecular weight is 321 g/mol. The predicted octanol–water partition coefficient (Wildman–Crippen LogP) is 2.28. The Morgan fingerprint density at radius 2 is 1.71 bits per heavy atom. The minimum absolute atomic E-state index is 0.615. The largest absolute Gasteiger partial charge is 0.397 e. The first-order valence-corrected chi connectivity index (χ1v) is 8.39. The third-order valence-corrected chi connectivity index (χ3v) is 4.96. The molecule has 2 heterocycles. The maximum Gasteiger partial charge on any atom is 0.0670 e. The van der Waals surface area contributed by atoms with Crippen molar-refractivity contribution in [1.82, 2.24) is 4.90 Å². The first-order valence-electron chi connectivity index (χ1n) is 8.39. The van der Waals surface area contributed by atoms with E-state index in [9.17, 15) is 0 Å². The van der Waals surface area contributed by atoms with Gasteiger partial charge in [0.25, 0.3) is 0 Å². The Labute approximate surface area is 142 Å². The van der Waals surface area contributed by atoms with Crippen LogP contribution in [0.2, 0.25) is 0 Å². The summed E-state index contributed by atoms with van der Waals surface area (Å²) in [6.45, 7) is 4.39. The molecule has 1 fully saturated rings. The molecule has 0 spiro atoms. The Bertz CT molecular complexity index is 803. The van der Waals surface area contributed by atoms with Gasteiger partial charge in [0, 0.05) is 38.3 Å². The van der Waals surface area contributed by atoms with Gasteiger partial charge in [-0.1, -0.05) is 6.07 Å². The molecule has 2 aromatic rings. The summed E-state index contributed by atoms with van der Waals surface area (Å²) in [6.07, 6.45) is 0.847. The fourth-order valence-electron chi connectivity index (χ4n) is 3.37. The maximum absolute atomic E-state index is 5.94. The molecule has 0 bridgehead atoms. The third-order valence-electron chi connectivity index (χ3n) is 4.96. The van der Waals surface area contributed by atoms with Crippen molar-refractivity contribution < 1.29 is 0 Å². The quantitative estimate of drug-likeness (QED) is 0.833. The zero-order valence-electron chi connectivity index (χ0n) is 14.0. The smallest absolute Gasteiger partial charge is 0.0670 e. The lowest BCUT2D eigenvalue weighted by molar-refractivity contribution is 0.313. The lowest BCUT2D eigenvalue weighted by Gasteiger charge is -2.34. The van der Waals surface area contributed by atoms with Crippen LogP contribution in [0.25, 0.3) is 0 Å². The minimum atomic E-state index is 0.615. The molecular formula is C19H23N5. The van der Waals surface area contributed by atoms with E-state index in [2.05, 4.69) is 35.0 Å². The standard InChI is InChI=1S/C19H23N5/c1-23-6-8-24(9-7-23)15-3-5-18-14(10-15)12-19(22-18)13-2-4-16(20)17(21)11-13/h2-5,10-11H,6-9,12,20-21H2,1H3. The molecule has 0 unspecified atom stereocenters. The first-order chi connectivity index (χ1) is 11.6. The Hall–Kier alpha value is -2.53. The summed E-state index contributed by atoms with van der Waals surface area (Å²) in [7, 11) is 2.18. The van der Waals surface area contributed by atoms with Gasteiger partial charge in [0.1, 0.15) is 0 Å². The van der Waals surface area contributed by atoms with Crippen LogP contribution in [-0.4, -0.2) is 43.8 Å². The molecule has 1 saturated heterocycles. The normalized spacial score (nSPS) is 17.7. The third kappa shape index (κ3) is 2.71. The number of likely N-dealkylation sites (N-methyl/N-ethyl adjacent to an activating group) is 1. The molecule has 5 nitrogen and oxygen atoms in total. The average Bonchev–Trinajstić information content (AvgIpc) is 3.01. The van der Waals surface area contributed by atoms with Crippen LogP contribution in [0.3, 0.4) is 0 Å². The van der Waals surface area contributed by atoms with E-state index in [0.29, 0.717) is 11.4 Å². The van der Waals surface area contributed by atoms with Gasteiger partial charge in [-0.25, -0.2) is 0 Å². The second-order valence-corrected chi connectivity index (χ2v) is 6.68. The van der Waals surface area contributed by atoms with E-state index in [-0.39, 0.29) is 0 Å². The van der Waals surface area contributed by atoms with Crippen LogP contribution in [-0.2, 0) is 6.42 Å². The number of nitrogens with two attached hydrogens (primary N) is 2. The van der Waals surface area contributed by atoms with Gasteiger partial charge in [-0.2, -0.15) is 0 Å². The van der Waals surface area contributed by atoms with Gasteiger partial charge >= 0.3 is 0 Å². The number of fused-ring (bicyclic) bond motifs is 1. The van der Waals surface area contributed by atoms with Crippen molar-refractivity contribution in [1.29, 1.82) is 0 Å². The van der Waals surface area contributed by atoms with E-state index in [4.69, 9.17) is 16.5 Å². The molecule has 2 aromatic carbocycles. The number of piperazine rings is 1. The summed E-state index contributed by atoms with van der Waals surface area (Å²) in [5.41, 5.74) is 18.8. The van der Waals surface area contributed by atoms with Crippen molar-refractivity contribution in [3.63, 3.8) is 0 Å². The monoisotopic (exact) mass is 321 g/mol. The van der Waals surface area contributed by atoms with Crippen molar-refractivity contribution in [3.8, 4) is 0 Å². The Morgan fingerprint density at radius 3 is 2.46 bits per heavy atom. The molecule has 2 aliphatic heterocycles. The second kappa shape index (κ2) is 5.83. The van der Waals surface area contributed by atoms with Crippen LogP contribution in [0.1, 0.15) is 11.1 Å². The van der Waals surface area contributed by atoms with Gasteiger partial charge in [0.05, 0.1) is 22.8 Å². The molecule has 0 amide bonds. The lowest BCUT2D eigenvalue weighted by Crippen LogP contribution is -2.44. The molecule has 5 heteroatoms. The molecule has 124 valence electrons. The lowest BCUT2D eigenvalue weighted by atomic mass is 10.0. The molecule has 4 N–H and O–H groups in total. The summed E-state index contributed by atoms with van der Waals surface area (Å²) in [5, 5.41) is 0. The van der Waals surface area contributed by atoms with Crippen LogP contribution in [0, 0.1) is 0 Å². The van der Waals surface area contributed by atoms with Crippen molar-refractivity contribution in [3.05, 3.63) is 47.5 Å².